The van der Waals surface area contributed by atoms with Gasteiger partial charge in [-0.15, -0.1) is 0 Å². The number of ether oxygens (including phenoxy) is 1. The average molecular weight is 377 g/mol. The molecule has 1 aromatic carbocycles. The number of alkyl halides is 3. The quantitative estimate of drug-likeness (QED) is 0.733. The van der Waals surface area contributed by atoms with Crippen molar-refractivity contribution in [2.24, 2.45) is 0 Å². The maximum atomic E-state index is 12.8. The Morgan fingerprint density at radius 3 is 2.74 bits per heavy atom. The first-order valence-electron chi connectivity index (χ1n) is 8.21. The first kappa shape index (κ1) is 17.4. The molecule has 0 spiro atoms. The fraction of sp³-hybridized carbons (Fsp3) is 0.263. The van der Waals surface area contributed by atoms with E-state index in [0.29, 0.717) is 34.6 Å². The van der Waals surface area contributed by atoms with Crippen LogP contribution < -0.4 is 4.74 Å². The smallest absolute Gasteiger partial charge is 0.433 e. The third kappa shape index (κ3) is 3.11. The molecule has 140 valence electrons. The molecule has 1 aliphatic rings. The molecule has 0 fully saturated rings. The Morgan fingerprint density at radius 1 is 1.26 bits per heavy atom. The molecule has 4 rings (SSSR count). The summed E-state index contributed by atoms with van der Waals surface area (Å²) >= 11 is 0. The number of fused-ring (bicyclic) bond motifs is 2. The Balaban J connectivity index is 1.58. The van der Waals surface area contributed by atoms with Crippen LogP contribution in [-0.2, 0) is 19.0 Å². The molecule has 0 amide bonds. The van der Waals surface area contributed by atoms with Crippen LogP contribution in [0.25, 0.3) is 11.0 Å². The number of aromatic nitrogens is 1. The lowest BCUT2D eigenvalue weighted by molar-refractivity contribution is -0.141. The number of carboxylic acids is 1. The molecular formula is C19H14F3NO4. The highest BCUT2D eigenvalue weighted by Crippen LogP contribution is 2.33. The van der Waals surface area contributed by atoms with E-state index < -0.39 is 17.8 Å². The van der Waals surface area contributed by atoms with Gasteiger partial charge >= 0.3 is 12.1 Å². The molecule has 8 heteroatoms. The SMILES string of the molecule is Cc1oc2ccc(OC3Cc4ccc(C(F)(F)F)nc4C3)cc2c1C(=O)O. The molecule has 2 heterocycles. The minimum atomic E-state index is -4.48. The highest BCUT2D eigenvalue weighted by atomic mass is 19.4. The normalized spacial score (nSPS) is 16.5. The number of hydrogen-bond acceptors (Lipinski definition) is 4. The van der Waals surface area contributed by atoms with Crippen molar-refractivity contribution in [3.05, 3.63) is 58.6 Å². The molecule has 1 unspecified atom stereocenters. The van der Waals surface area contributed by atoms with Gasteiger partial charge in [-0.2, -0.15) is 13.2 Å². The number of rotatable bonds is 3. The Bertz CT molecular complexity index is 1060. The van der Waals surface area contributed by atoms with Gasteiger partial charge in [0.2, 0.25) is 0 Å². The van der Waals surface area contributed by atoms with Crippen molar-refractivity contribution in [3.63, 3.8) is 0 Å². The zero-order valence-electron chi connectivity index (χ0n) is 14.1. The van der Waals surface area contributed by atoms with Crippen LogP contribution in [0, 0.1) is 6.92 Å². The van der Waals surface area contributed by atoms with Crippen molar-refractivity contribution in [2.75, 3.05) is 0 Å². The fourth-order valence-electron chi connectivity index (χ4n) is 3.40. The zero-order valence-corrected chi connectivity index (χ0v) is 14.1. The van der Waals surface area contributed by atoms with Crippen molar-refractivity contribution in [2.45, 2.75) is 32.0 Å². The first-order chi connectivity index (χ1) is 12.7. The number of carbonyl (C=O) groups is 1. The van der Waals surface area contributed by atoms with Gasteiger partial charge in [-0.3, -0.25) is 0 Å². The van der Waals surface area contributed by atoms with E-state index in [0.717, 1.165) is 11.6 Å². The van der Waals surface area contributed by atoms with Gasteiger partial charge in [-0.05, 0) is 36.8 Å². The molecule has 1 N–H and O–H groups in total. The van der Waals surface area contributed by atoms with Gasteiger partial charge in [0.1, 0.15) is 34.5 Å². The second-order valence-corrected chi connectivity index (χ2v) is 6.44. The third-order valence-corrected chi connectivity index (χ3v) is 4.58. The van der Waals surface area contributed by atoms with Gasteiger partial charge in [-0.25, -0.2) is 9.78 Å². The summed E-state index contributed by atoms with van der Waals surface area (Å²) in [6.07, 6.45) is -4.15. The van der Waals surface area contributed by atoms with Crippen LogP contribution in [0.3, 0.4) is 0 Å². The van der Waals surface area contributed by atoms with E-state index in [4.69, 9.17) is 9.15 Å². The topological polar surface area (TPSA) is 72.6 Å². The average Bonchev–Trinajstić information content (AvgIpc) is 3.12. The second kappa shape index (κ2) is 6.00. The summed E-state index contributed by atoms with van der Waals surface area (Å²) in [4.78, 5) is 15.1. The maximum Gasteiger partial charge on any atom is 0.433 e. The summed E-state index contributed by atoms with van der Waals surface area (Å²) in [5.74, 6) is -0.369. The minimum absolute atomic E-state index is 0.0710. The molecule has 27 heavy (non-hydrogen) atoms. The summed E-state index contributed by atoms with van der Waals surface area (Å²) in [7, 11) is 0. The minimum Gasteiger partial charge on any atom is -0.490 e. The van der Waals surface area contributed by atoms with E-state index in [1.165, 1.54) is 6.07 Å². The largest absolute Gasteiger partial charge is 0.490 e. The van der Waals surface area contributed by atoms with Gasteiger partial charge in [0.05, 0.1) is 0 Å². The lowest BCUT2D eigenvalue weighted by Gasteiger charge is -2.12. The highest BCUT2D eigenvalue weighted by Gasteiger charge is 2.35. The maximum absolute atomic E-state index is 12.8. The van der Waals surface area contributed by atoms with Crippen LogP contribution in [0.4, 0.5) is 13.2 Å². The monoisotopic (exact) mass is 377 g/mol. The number of furan rings is 1. The molecule has 3 aromatic rings. The van der Waals surface area contributed by atoms with E-state index in [2.05, 4.69) is 4.98 Å². The van der Waals surface area contributed by atoms with Crippen LogP contribution in [-0.4, -0.2) is 22.2 Å². The van der Waals surface area contributed by atoms with E-state index in [1.807, 2.05) is 0 Å². The van der Waals surface area contributed by atoms with E-state index in [1.54, 1.807) is 25.1 Å². The van der Waals surface area contributed by atoms with E-state index in [-0.39, 0.29) is 18.1 Å². The number of aromatic carboxylic acids is 1. The lowest BCUT2D eigenvalue weighted by atomic mass is 10.1. The van der Waals surface area contributed by atoms with E-state index in [9.17, 15) is 23.1 Å². The molecule has 5 nitrogen and oxygen atoms in total. The second-order valence-electron chi connectivity index (χ2n) is 6.44. The van der Waals surface area contributed by atoms with Crippen LogP contribution in [0.5, 0.6) is 5.75 Å². The summed E-state index contributed by atoms with van der Waals surface area (Å²) in [6.45, 7) is 1.57. The van der Waals surface area contributed by atoms with Crippen molar-refractivity contribution in [1.29, 1.82) is 0 Å². The molecule has 0 radical (unpaired) electrons. The van der Waals surface area contributed by atoms with Crippen LogP contribution in [0.2, 0.25) is 0 Å². The number of halogens is 3. The number of carboxylic acid groups (broad SMARTS) is 1. The Hall–Kier alpha value is -3.03. The highest BCUT2D eigenvalue weighted by molar-refractivity contribution is 6.03. The van der Waals surface area contributed by atoms with Gasteiger partial charge in [0.15, 0.2) is 0 Å². The summed E-state index contributed by atoms with van der Waals surface area (Å²) in [6, 6.07) is 7.24. The number of pyridine rings is 1. The Morgan fingerprint density at radius 2 is 2.04 bits per heavy atom. The van der Waals surface area contributed by atoms with Crippen molar-refractivity contribution >= 4 is 16.9 Å². The predicted molar refractivity (Wildman–Crippen MR) is 89.0 cm³/mol. The van der Waals surface area contributed by atoms with Gasteiger partial charge < -0.3 is 14.3 Å². The molecule has 0 saturated heterocycles. The summed E-state index contributed by atoms with van der Waals surface area (Å²) < 4.78 is 49.7. The van der Waals surface area contributed by atoms with Gasteiger partial charge in [0, 0.05) is 23.9 Å². The van der Waals surface area contributed by atoms with Crippen LogP contribution in [0.15, 0.2) is 34.7 Å². The van der Waals surface area contributed by atoms with Crippen molar-refractivity contribution in [3.8, 4) is 5.75 Å². The standard InChI is InChI=1S/C19H14F3NO4/c1-9-17(18(24)25)13-7-11(3-4-15(13)26-9)27-12-6-10-2-5-16(19(20,21)22)23-14(10)8-12/h2-5,7,12H,6,8H2,1H3,(H,24,25). The predicted octanol–water partition coefficient (Wildman–Crippen LogP) is 4.40. The fourth-order valence-corrected chi connectivity index (χ4v) is 3.40. The number of hydrogen-bond donors (Lipinski definition) is 1. The molecule has 0 saturated carbocycles. The van der Waals surface area contributed by atoms with Crippen LogP contribution >= 0.6 is 0 Å². The summed E-state index contributed by atoms with van der Waals surface area (Å²) in [5.41, 5.74) is 0.689. The first-order valence-corrected chi connectivity index (χ1v) is 8.21. The van der Waals surface area contributed by atoms with Gasteiger partial charge in [-0.1, -0.05) is 6.07 Å². The molecule has 0 bridgehead atoms. The van der Waals surface area contributed by atoms with E-state index >= 15 is 0 Å². The molecule has 1 atom stereocenters. The van der Waals surface area contributed by atoms with Gasteiger partial charge in [0.25, 0.3) is 0 Å². The number of benzene rings is 1. The Kier molecular flexibility index (Phi) is 3.87. The molecule has 2 aromatic heterocycles. The van der Waals surface area contributed by atoms with Crippen molar-refractivity contribution < 1.29 is 32.2 Å². The number of aryl methyl sites for hydroxylation is 1. The molecular weight excluding hydrogens is 363 g/mol. The lowest BCUT2D eigenvalue weighted by Crippen LogP contribution is -2.16. The Labute approximate surface area is 151 Å². The third-order valence-electron chi connectivity index (χ3n) is 4.58. The molecule has 0 aliphatic heterocycles. The van der Waals surface area contributed by atoms with Crippen LogP contribution in [0.1, 0.15) is 33.1 Å². The molecule has 1 aliphatic carbocycles. The zero-order chi connectivity index (χ0) is 19.3. The summed E-state index contributed by atoms with van der Waals surface area (Å²) in [5, 5.41) is 9.76. The van der Waals surface area contributed by atoms with Crippen molar-refractivity contribution in [1.82, 2.24) is 4.98 Å². The number of nitrogens with zero attached hydrogens (tertiary/aromatic N) is 1.